The third kappa shape index (κ3) is 3.49. The molecule has 0 aromatic rings. The minimum atomic E-state index is 0.253. The quantitative estimate of drug-likeness (QED) is 0.717. The van der Waals surface area contributed by atoms with Crippen LogP contribution < -0.4 is 0 Å². The Labute approximate surface area is 92.8 Å². The monoisotopic (exact) mass is 213 g/mol. The Kier molecular flexibility index (Phi) is 4.14. The summed E-state index contributed by atoms with van der Waals surface area (Å²) in [5.41, 5.74) is 0.253. The van der Waals surface area contributed by atoms with Crippen LogP contribution in [0.3, 0.4) is 0 Å². The summed E-state index contributed by atoms with van der Waals surface area (Å²) >= 11 is 0. The fraction of sp³-hybridized carbons (Fsp3) is 0.917. The Balaban J connectivity index is 2.45. The highest BCUT2D eigenvalue weighted by Crippen LogP contribution is 2.34. The normalized spacial score (nSPS) is 23.3. The first-order chi connectivity index (χ1) is 6.95. The summed E-state index contributed by atoms with van der Waals surface area (Å²) in [5, 5.41) is 0. The number of hydrogen-bond donors (Lipinski definition) is 0. The van der Waals surface area contributed by atoms with Gasteiger partial charge >= 0.3 is 0 Å². The number of rotatable bonds is 3. The molecule has 1 fully saturated rings. The van der Waals surface area contributed by atoms with Crippen molar-refractivity contribution >= 4 is 5.91 Å². The lowest BCUT2D eigenvalue weighted by molar-refractivity contribution is -0.137. The van der Waals surface area contributed by atoms with Gasteiger partial charge in [-0.2, -0.15) is 0 Å². The van der Waals surface area contributed by atoms with Crippen LogP contribution in [-0.4, -0.2) is 37.6 Å². The van der Waals surface area contributed by atoms with E-state index in [1.54, 1.807) is 7.11 Å². The van der Waals surface area contributed by atoms with Crippen LogP contribution in [-0.2, 0) is 9.53 Å². The zero-order valence-corrected chi connectivity index (χ0v) is 10.4. The molecule has 1 aliphatic heterocycles. The molecular formula is C12H23NO2. The number of carbonyl (C=O) groups is 1. The molecule has 88 valence electrons. The molecule has 1 amide bonds. The van der Waals surface area contributed by atoms with E-state index in [1.807, 2.05) is 4.90 Å². The number of carbonyl (C=O) groups excluding carboxylic acids is 1. The average molecular weight is 213 g/mol. The second-order valence-corrected chi connectivity index (χ2v) is 5.43. The van der Waals surface area contributed by atoms with Crippen LogP contribution in [0.25, 0.3) is 0 Å². The van der Waals surface area contributed by atoms with Gasteiger partial charge in [-0.15, -0.1) is 0 Å². The molecule has 0 N–H and O–H groups in total. The fourth-order valence-corrected chi connectivity index (χ4v) is 2.06. The van der Waals surface area contributed by atoms with Gasteiger partial charge in [0.05, 0.1) is 6.61 Å². The van der Waals surface area contributed by atoms with Crippen molar-refractivity contribution in [1.82, 2.24) is 4.90 Å². The molecule has 1 atom stereocenters. The van der Waals surface area contributed by atoms with E-state index in [0.717, 1.165) is 19.5 Å². The molecule has 0 saturated carbocycles. The van der Waals surface area contributed by atoms with Crippen LogP contribution in [0.1, 0.15) is 33.6 Å². The van der Waals surface area contributed by atoms with Crippen LogP contribution in [0.5, 0.6) is 0 Å². The highest BCUT2D eigenvalue weighted by atomic mass is 16.5. The minimum absolute atomic E-state index is 0.253. The summed E-state index contributed by atoms with van der Waals surface area (Å²) in [6, 6.07) is 0. The van der Waals surface area contributed by atoms with Crippen LogP contribution in [0, 0.1) is 11.3 Å². The lowest BCUT2D eigenvalue weighted by Gasteiger charge is -2.38. The van der Waals surface area contributed by atoms with Gasteiger partial charge < -0.3 is 9.64 Å². The SMILES string of the molecule is COCCN1CCC(C(C)(C)C)CC1=O. The molecule has 0 bridgehead atoms. The van der Waals surface area contributed by atoms with E-state index in [4.69, 9.17) is 4.74 Å². The molecule has 3 nitrogen and oxygen atoms in total. The van der Waals surface area contributed by atoms with Crippen molar-refractivity contribution in [1.29, 1.82) is 0 Å². The van der Waals surface area contributed by atoms with Gasteiger partial charge in [0.25, 0.3) is 0 Å². The van der Waals surface area contributed by atoms with Crippen LogP contribution >= 0.6 is 0 Å². The Morgan fingerprint density at radius 2 is 2.13 bits per heavy atom. The Bertz CT molecular complexity index is 220. The summed E-state index contributed by atoms with van der Waals surface area (Å²) in [4.78, 5) is 13.7. The number of nitrogens with zero attached hydrogens (tertiary/aromatic N) is 1. The highest BCUT2D eigenvalue weighted by Gasteiger charge is 2.32. The van der Waals surface area contributed by atoms with Gasteiger partial charge in [0, 0.05) is 26.6 Å². The summed E-state index contributed by atoms with van der Waals surface area (Å²) in [6.45, 7) is 8.93. The Hall–Kier alpha value is -0.570. The van der Waals surface area contributed by atoms with Crippen molar-refractivity contribution in [2.24, 2.45) is 11.3 Å². The van der Waals surface area contributed by atoms with Gasteiger partial charge in [-0.25, -0.2) is 0 Å². The molecule has 1 unspecified atom stereocenters. The lowest BCUT2D eigenvalue weighted by Crippen LogP contribution is -2.43. The van der Waals surface area contributed by atoms with Gasteiger partial charge in [0.15, 0.2) is 0 Å². The maximum Gasteiger partial charge on any atom is 0.222 e. The molecule has 0 spiro atoms. The molecule has 0 aliphatic carbocycles. The summed E-state index contributed by atoms with van der Waals surface area (Å²) in [7, 11) is 1.67. The number of ether oxygens (including phenoxy) is 1. The molecule has 3 heteroatoms. The molecule has 0 aromatic carbocycles. The van der Waals surface area contributed by atoms with E-state index in [2.05, 4.69) is 20.8 Å². The van der Waals surface area contributed by atoms with Crippen molar-refractivity contribution in [3.8, 4) is 0 Å². The number of methoxy groups -OCH3 is 1. The zero-order chi connectivity index (χ0) is 11.5. The number of hydrogen-bond acceptors (Lipinski definition) is 2. The maximum atomic E-state index is 11.8. The fourth-order valence-electron chi connectivity index (χ4n) is 2.06. The zero-order valence-electron chi connectivity index (χ0n) is 10.4. The molecule has 1 rings (SSSR count). The standard InChI is InChI=1S/C12H23NO2/c1-12(2,3)10-5-6-13(7-8-15-4)11(14)9-10/h10H,5-9H2,1-4H3. The summed E-state index contributed by atoms with van der Waals surface area (Å²) in [6.07, 6.45) is 1.83. The lowest BCUT2D eigenvalue weighted by atomic mass is 9.75. The molecule has 15 heavy (non-hydrogen) atoms. The topological polar surface area (TPSA) is 29.5 Å². The third-order valence-corrected chi connectivity index (χ3v) is 3.31. The molecule has 0 aromatic heterocycles. The van der Waals surface area contributed by atoms with Crippen LogP contribution in [0.4, 0.5) is 0 Å². The third-order valence-electron chi connectivity index (χ3n) is 3.31. The van der Waals surface area contributed by atoms with Crippen LogP contribution in [0.15, 0.2) is 0 Å². The van der Waals surface area contributed by atoms with E-state index in [0.29, 0.717) is 24.9 Å². The summed E-state index contributed by atoms with van der Waals surface area (Å²) in [5.74, 6) is 0.821. The molecule has 0 radical (unpaired) electrons. The van der Waals surface area contributed by atoms with Crippen molar-refractivity contribution in [2.45, 2.75) is 33.6 Å². The van der Waals surface area contributed by atoms with Crippen LogP contribution in [0.2, 0.25) is 0 Å². The predicted octanol–water partition coefficient (Wildman–Crippen LogP) is 1.92. The Morgan fingerprint density at radius 1 is 1.47 bits per heavy atom. The number of amides is 1. The van der Waals surface area contributed by atoms with Gasteiger partial charge in [0.1, 0.15) is 0 Å². The molecular weight excluding hydrogens is 190 g/mol. The van der Waals surface area contributed by atoms with E-state index < -0.39 is 0 Å². The van der Waals surface area contributed by atoms with E-state index in [9.17, 15) is 4.79 Å². The highest BCUT2D eigenvalue weighted by molar-refractivity contribution is 5.77. The van der Waals surface area contributed by atoms with E-state index in [-0.39, 0.29) is 5.41 Å². The van der Waals surface area contributed by atoms with Gasteiger partial charge in [0.2, 0.25) is 5.91 Å². The van der Waals surface area contributed by atoms with Gasteiger partial charge in [-0.3, -0.25) is 4.79 Å². The molecule has 1 saturated heterocycles. The van der Waals surface area contributed by atoms with E-state index in [1.165, 1.54) is 0 Å². The first kappa shape index (κ1) is 12.5. The predicted molar refractivity (Wildman–Crippen MR) is 60.6 cm³/mol. The number of piperidine rings is 1. The largest absolute Gasteiger partial charge is 0.383 e. The van der Waals surface area contributed by atoms with Crippen molar-refractivity contribution in [3.05, 3.63) is 0 Å². The minimum Gasteiger partial charge on any atom is -0.383 e. The smallest absolute Gasteiger partial charge is 0.222 e. The second kappa shape index (κ2) is 4.97. The average Bonchev–Trinajstić information content (AvgIpc) is 2.14. The first-order valence-electron chi connectivity index (χ1n) is 5.72. The van der Waals surface area contributed by atoms with Gasteiger partial charge in [-0.1, -0.05) is 20.8 Å². The van der Waals surface area contributed by atoms with E-state index >= 15 is 0 Å². The first-order valence-corrected chi connectivity index (χ1v) is 5.72. The van der Waals surface area contributed by atoms with Gasteiger partial charge in [-0.05, 0) is 17.8 Å². The summed E-state index contributed by atoms with van der Waals surface area (Å²) < 4.78 is 4.99. The Morgan fingerprint density at radius 3 is 2.60 bits per heavy atom. The van der Waals surface area contributed by atoms with Crippen molar-refractivity contribution in [3.63, 3.8) is 0 Å². The number of likely N-dealkylation sites (tertiary alicyclic amines) is 1. The van der Waals surface area contributed by atoms with Crippen molar-refractivity contribution in [2.75, 3.05) is 26.8 Å². The second-order valence-electron chi connectivity index (χ2n) is 5.43. The molecule has 1 heterocycles. The maximum absolute atomic E-state index is 11.8. The molecule has 1 aliphatic rings. The van der Waals surface area contributed by atoms with Crippen molar-refractivity contribution < 1.29 is 9.53 Å².